The molecule has 8 heteroatoms. The Morgan fingerprint density at radius 1 is 0.605 bits per heavy atom. The lowest BCUT2D eigenvalue weighted by Gasteiger charge is -2.18. The van der Waals surface area contributed by atoms with Gasteiger partial charge in [0.25, 0.3) is 0 Å². The molecular formula is C35H30F3N3O2. The molecule has 2 aliphatic heterocycles. The lowest BCUT2D eigenvalue weighted by Crippen LogP contribution is -2.20. The van der Waals surface area contributed by atoms with Gasteiger partial charge in [0.2, 0.25) is 0 Å². The van der Waals surface area contributed by atoms with E-state index in [0.717, 1.165) is 84.0 Å². The number of halogens is 3. The van der Waals surface area contributed by atoms with Crippen LogP contribution in [0.3, 0.4) is 0 Å². The highest BCUT2D eigenvalue weighted by Gasteiger charge is 2.21. The van der Waals surface area contributed by atoms with E-state index in [9.17, 15) is 13.2 Å². The van der Waals surface area contributed by atoms with Crippen LogP contribution in [0.4, 0.5) is 13.2 Å². The van der Waals surface area contributed by atoms with Gasteiger partial charge in [-0.25, -0.2) is 13.2 Å². The summed E-state index contributed by atoms with van der Waals surface area (Å²) < 4.78 is 54.5. The summed E-state index contributed by atoms with van der Waals surface area (Å²) in [6.07, 6.45) is 3.63. The van der Waals surface area contributed by atoms with Gasteiger partial charge in [-0.15, -0.1) is 0 Å². The molecular weight excluding hydrogens is 551 g/mol. The number of ether oxygens (including phenoxy) is 2. The monoisotopic (exact) mass is 581 g/mol. The molecule has 5 aromatic rings. The average Bonchev–Trinajstić information content (AvgIpc) is 3.74. The van der Waals surface area contributed by atoms with Crippen LogP contribution in [0.1, 0.15) is 12.8 Å². The van der Waals surface area contributed by atoms with Crippen LogP contribution in [-0.4, -0.2) is 43.4 Å². The summed E-state index contributed by atoms with van der Waals surface area (Å²) in [5.41, 5.74) is 5.41. The Hall–Kier alpha value is -4.40. The van der Waals surface area contributed by atoms with Crippen LogP contribution in [0.15, 0.2) is 85.1 Å². The number of benzene rings is 4. The molecule has 218 valence electrons. The first-order valence-electron chi connectivity index (χ1n) is 14.5. The maximum Gasteiger partial charge on any atom is 0.159 e. The Bertz CT molecular complexity index is 1780. The van der Waals surface area contributed by atoms with Crippen molar-refractivity contribution in [3.05, 3.63) is 103 Å². The summed E-state index contributed by atoms with van der Waals surface area (Å²) in [5.74, 6) is -0.799. The van der Waals surface area contributed by atoms with Gasteiger partial charge in [0.1, 0.15) is 29.5 Å². The third-order valence-corrected chi connectivity index (χ3v) is 8.10. The lowest BCUT2D eigenvalue weighted by atomic mass is 9.97. The molecule has 2 N–H and O–H groups in total. The zero-order chi connectivity index (χ0) is 29.3. The number of pyridine rings is 1. The van der Waals surface area contributed by atoms with Crippen LogP contribution in [0.25, 0.3) is 44.3 Å². The molecule has 1 aromatic heterocycles. The van der Waals surface area contributed by atoms with E-state index in [-0.39, 0.29) is 18.0 Å². The fraction of sp³-hybridized carbons (Fsp3) is 0.229. The van der Waals surface area contributed by atoms with Crippen molar-refractivity contribution in [1.82, 2.24) is 15.6 Å². The Kier molecular flexibility index (Phi) is 7.47. The van der Waals surface area contributed by atoms with Gasteiger partial charge < -0.3 is 20.1 Å². The second-order valence-electron chi connectivity index (χ2n) is 11.1. The SMILES string of the molecule is Fc1ccc(-c2cc(-c3cnc4cc(O[C@H]5CCNC5)c(-c5ccc(F)c(F)c5)cc4c3)ccc2O[C@H]2CCNC2)cc1. The highest BCUT2D eigenvalue weighted by molar-refractivity contribution is 5.91. The van der Waals surface area contributed by atoms with Gasteiger partial charge >= 0.3 is 0 Å². The second kappa shape index (κ2) is 11.7. The molecule has 4 aromatic carbocycles. The van der Waals surface area contributed by atoms with Crippen LogP contribution in [0, 0.1) is 17.5 Å². The molecule has 5 nitrogen and oxygen atoms in total. The Balaban J connectivity index is 1.30. The summed E-state index contributed by atoms with van der Waals surface area (Å²) in [4.78, 5) is 4.76. The first-order valence-corrected chi connectivity index (χ1v) is 14.5. The quantitative estimate of drug-likeness (QED) is 0.214. The van der Waals surface area contributed by atoms with Crippen molar-refractivity contribution in [2.75, 3.05) is 26.2 Å². The number of hydrogen-bond donors (Lipinski definition) is 2. The van der Waals surface area contributed by atoms with Gasteiger partial charge in [-0.1, -0.05) is 24.3 Å². The third-order valence-electron chi connectivity index (χ3n) is 8.10. The maximum absolute atomic E-state index is 14.3. The van der Waals surface area contributed by atoms with Crippen molar-refractivity contribution >= 4 is 10.9 Å². The molecule has 0 bridgehead atoms. The number of aromatic nitrogens is 1. The van der Waals surface area contributed by atoms with Crippen LogP contribution in [-0.2, 0) is 0 Å². The van der Waals surface area contributed by atoms with Crippen molar-refractivity contribution < 1.29 is 22.6 Å². The molecule has 0 unspecified atom stereocenters. The van der Waals surface area contributed by atoms with E-state index in [1.54, 1.807) is 18.2 Å². The Labute approximate surface area is 247 Å². The van der Waals surface area contributed by atoms with Crippen molar-refractivity contribution in [1.29, 1.82) is 0 Å². The minimum atomic E-state index is -0.915. The molecule has 2 saturated heterocycles. The molecule has 0 aliphatic carbocycles. The van der Waals surface area contributed by atoms with E-state index in [1.165, 1.54) is 18.2 Å². The molecule has 2 atom stereocenters. The predicted molar refractivity (Wildman–Crippen MR) is 162 cm³/mol. The minimum Gasteiger partial charge on any atom is -0.488 e. The van der Waals surface area contributed by atoms with Gasteiger partial charge in [-0.2, -0.15) is 0 Å². The van der Waals surface area contributed by atoms with Crippen molar-refractivity contribution in [2.24, 2.45) is 0 Å². The molecule has 0 amide bonds. The van der Waals surface area contributed by atoms with Crippen LogP contribution < -0.4 is 20.1 Å². The van der Waals surface area contributed by atoms with Crippen LogP contribution >= 0.6 is 0 Å². The highest BCUT2D eigenvalue weighted by Crippen LogP contribution is 2.39. The van der Waals surface area contributed by atoms with Crippen LogP contribution in [0.2, 0.25) is 0 Å². The van der Waals surface area contributed by atoms with Crippen molar-refractivity contribution in [3.63, 3.8) is 0 Å². The second-order valence-corrected chi connectivity index (χ2v) is 11.1. The van der Waals surface area contributed by atoms with Crippen molar-refractivity contribution in [3.8, 4) is 44.9 Å². The molecule has 0 saturated carbocycles. The molecule has 7 rings (SSSR count). The Morgan fingerprint density at radius 2 is 1.28 bits per heavy atom. The van der Waals surface area contributed by atoms with E-state index in [2.05, 4.69) is 10.6 Å². The van der Waals surface area contributed by atoms with E-state index in [0.29, 0.717) is 16.9 Å². The van der Waals surface area contributed by atoms with E-state index < -0.39 is 11.6 Å². The topological polar surface area (TPSA) is 55.4 Å². The van der Waals surface area contributed by atoms with Gasteiger partial charge in [-0.05, 0) is 91.2 Å². The zero-order valence-electron chi connectivity index (χ0n) is 23.4. The van der Waals surface area contributed by atoms with Gasteiger partial charge in [0, 0.05) is 47.4 Å². The van der Waals surface area contributed by atoms with E-state index >= 15 is 0 Å². The van der Waals surface area contributed by atoms with Gasteiger partial charge in [-0.3, -0.25) is 4.98 Å². The summed E-state index contributed by atoms with van der Waals surface area (Å²) in [6, 6.07) is 22.1. The third kappa shape index (κ3) is 5.81. The van der Waals surface area contributed by atoms with E-state index in [1.807, 2.05) is 42.6 Å². The zero-order valence-corrected chi connectivity index (χ0v) is 23.4. The largest absolute Gasteiger partial charge is 0.488 e. The fourth-order valence-electron chi connectivity index (χ4n) is 5.79. The van der Waals surface area contributed by atoms with Gasteiger partial charge in [0.15, 0.2) is 11.6 Å². The molecule has 2 fully saturated rings. The van der Waals surface area contributed by atoms with E-state index in [4.69, 9.17) is 14.5 Å². The molecule has 2 aliphatic rings. The normalized spacial score (nSPS) is 18.3. The van der Waals surface area contributed by atoms with Crippen molar-refractivity contribution in [2.45, 2.75) is 25.0 Å². The summed E-state index contributed by atoms with van der Waals surface area (Å²) in [6.45, 7) is 3.27. The Morgan fingerprint density at radius 3 is 1.98 bits per heavy atom. The summed E-state index contributed by atoms with van der Waals surface area (Å²) >= 11 is 0. The number of nitrogens with zero attached hydrogens (tertiary/aromatic N) is 1. The molecule has 0 spiro atoms. The number of nitrogens with one attached hydrogen (secondary N) is 2. The maximum atomic E-state index is 14.3. The van der Waals surface area contributed by atoms with Crippen LogP contribution in [0.5, 0.6) is 11.5 Å². The molecule has 43 heavy (non-hydrogen) atoms. The lowest BCUT2D eigenvalue weighted by molar-refractivity contribution is 0.224. The minimum absolute atomic E-state index is 0.0219. The predicted octanol–water partition coefficient (Wildman–Crippen LogP) is 7.13. The first-order chi connectivity index (χ1) is 21.0. The standard InChI is InChI=1S/C35H30F3N3O2/c36-26-5-1-21(2-6-26)29-14-22(4-8-34(29)42-27-9-11-39-19-27)25-13-24-15-30(23-3-7-31(37)32(38)16-23)35(17-33(24)41-18-25)43-28-10-12-40-20-28/h1-8,13-18,27-28,39-40H,9-12,19-20H2/t27-,28-/m0/s1. The molecule has 0 radical (unpaired) electrons. The molecule has 3 heterocycles. The van der Waals surface area contributed by atoms with Gasteiger partial charge in [0.05, 0.1) is 5.52 Å². The fourth-order valence-corrected chi connectivity index (χ4v) is 5.79. The average molecular weight is 582 g/mol. The smallest absolute Gasteiger partial charge is 0.159 e. The first kappa shape index (κ1) is 27.4. The number of fused-ring (bicyclic) bond motifs is 1. The number of rotatable bonds is 7. The highest BCUT2D eigenvalue weighted by atomic mass is 19.2. The summed E-state index contributed by atoms with van der Waals surface area (Å²) in [7, 11) is 0. The number of hydrogen-bond acceptors (Lipinski definition) is 5. The summed E-state index contributed by atoms with van der Waals surface area (Å²) in [5, 5.41) is 7.45.